The van der Waals surface area contributed by atoms with Crippen molar-refractivity contribution < 1.29 is 4.79 Å². The first-order valence-electron chi connectivity index (χ1n) is 6.34. The number of carbonyl (C=O) groups is 1. The molecule has 1 amide bonds. The van der Waals surface area contributed by atoms with Crippen molar-refractivity contribution >= 4 is 21.8 Å². The van der Waals surface area contributed by atoms with E-state index in [1.807, 2.05) is 37.1 Å². The third-order valence-corrected chi connectivity index (χ3v) is 4.10. The molecule has 1 saturated heterocycles. The molecule has 0 saturated carbocycles. The topological polar surface area (TPSA) is 32.3 Å². The maximum absolute atomic E-state index is 12.4. The SMILES string of the molecule is CNC1CCN(C(=O)c2ccc(Br)cc2C)CC1. The monoisotopic (exact) mass is 310 g/mol. The van der Waals surface area contributed by atoms with Crippen LogP contribution in [0.4, 0.5) is 0 Å². The summed E-state index contributed by atoms with van der Waals surface area (Å²) in [6.07, 6.45) is 2.08. The van der Waals surface area contributed by atoms with Crippen LogP contribution >= 0.6 is 15.9 Å². The molecule has 0 aliphatic carbocycles. The van der Waals surface area contributed by atoms with Crippen LogP contribution in [-0.4, -0.2) is 37.0 Å². The molecule has 4 heteroatoms. The summed E-state index contributed by atoms with van der Waals surface area (Å²) in [5.74, 6) is 0.162. The van der Waals surface area contributed by atoms with Crippen LogP contribution in [0.3, 0.4) is 0 Å². The van der Waals surface area contributed by atoms with Crippen LogP contribution in [-0.2, 0) is 0 Å². The molecule has 0 aromatic heterocycles. The van der Waals surface area contributed by atoms with E-state index in [1.165, 1.54) is 0 Å². The van der Waals surface area contributed by atoms with Gasteiger partial charge in [0.1, 0.15) is 0 Å². The molecule has 0 bridgehead atoms. The van der Waals surface area contributed by atoms with Crippen molar-refractivity contribution in [1.29, 1.82) is 0 Å². The van der Waals surface area contributed by atoms with Gasteiger partial charge in [0.05, 0.1) is 0 Å². The van der Waals surface area contributed by atoms with Gasteiger partial charge in [0, 0.05) is 29.2 Å². The number of benzene rings is 1. The van der Waals surface area contributed by atoms with E-state index in [2.05, 4.69) is 21.2 Å². The Kier molecular flexibility index (Phi) is 4.40. The number of nitrogens with zero attached hydrogens (tertiary/aromatic N) is 1. The lowest BCUT2D eigenvalue weighted by atomic mass is 10.0. The first-order chi connectivity index (χ1) is 8.61. The fraction of sp³-hybridized carbons (Fsp3) is 0.500. The Morgan fingerprint density at radius 1 is 1.39 bits per heavy atom. The molecule has 1 fully saturated rings. The van der Waals surface area contributed by atoms with Gasteiger partial charge < -0.3 is 10.2 Å². The highest BCUT2D eigenvalue weighted by atomic mass is 79.9. The number of carbonyl (C=O) groups excluding carboxylic acids is 1. The molecule has 98 valence electrons. The highest BCUT2D eigenvalue weighted by Crippen LogP contribution is 2.19. The van der Waals surface area contributed by atoms with Crippen molar-refractivity contribution in [3.8, 4) is 0 Å². The lowest BCUT2D eigenvalue weighted by molar-refractivity contribution is 0.0706. The van der Waals surface area contributed by atoms with Crippen molar-refractivity contribution in [2.24, 2.45) is 0 Å². The Labute approximate surface area is 117 Å². The fourth-order valence-corrected chi connectivity index (χ4v) is 2.88. The van der Waals surface area contributed by atoms with Gasteiger partial charge in [-0.05, 0) is 50.6 Å². The smallest absolute Gasteiger partial charge is 0.254 e. The standard InChI is InChI=1S/C14H19BrN2O/c1-10-9-11(15)3-4-13(10)14(18)17-7-5-12(16-2)6-8-17/h3-4,9,12,16H,5-8H2,1-2H3. The first-order valence-corrected chi connectivity index (χ1v) is 7.14. The number of piperidine rings is 1. The van der Waals surface area contributed by atoms with E-state index in [9.17, 15) is 4.79 Å². The number of likely N-dealkylation sites (tertiary alicyclic amines) is 1. The third kappa shape index (κ3) is 2.93. The van der Waals surface area contributed by atoms with Crippen LogP contribution in [0.25, 0.3) is 0 Å². The number of halogens is 1. The average Bonchev–Trinajstić information content (AvgIpc) is 2.38. The normalized spacial score (nSPS) is 16.9. The summed E-state index contributed by atoms with van der Waals surface area (Å²) in [6, 6.07) is 6.39. The van der Waals surface area contributed by atoms with Crippen LogP contribution < -0.4 is 5.32 Å². The van der Waals surface area contributed by atoms with Gasteiger partial charge in [0.25, 0.3) is 5.91 Å². The molecule has 0 radical (unpaired) electrons. The molecule has 0 atom stereocenters. The Morgan fingerprint density at radius 2 is 2.06 bits per heavy atom. The zero-order valence-corrected chi connectivity index (χ0v) is 12.5. The molecule has 1 heterocycles. The van der Waals surface area contributed by atoms with Crippen LogP contribution in [0.5, 0.6) is 0 Å². The Morgan fingerprint density at radius 3 is 2.61 bits per heavy atom. The first kappa shape index (κ1) is 13.6. The van der Waals surface area contributed by atoms with E-state index in [0.29, 0.717) is 6.04 Å². The van der Waals surface area contributed by atoms with Crippen molar-refractivity contribution in [2.45, 2.75) is 25.8 Å². The fourth-order valence-electron chi connectivity index (χ4n) is 2.41. The number of hydrogen-bond acceptors (Lipinski definition) is 2. The largest absolute Gasteiger partial charge is 0.339 e. The number of nitrogens with one attached hydrogen (secondary N) is 1. The second-order valence-electron chi connectivity index (χ2n) is 4.81. The van der Waals surface area contributed by atoms with Crippen molar-refractivity contribution in [2.75, 3.05) is 20.1 Å². The zero-order chi connectivity index (χ0) is 13.1. The molecule has 1 aromatic carbocycles. The highest BCUT2D eigenvalue weighted by Gasteiger charge is 2.23. The number of amides is 1. The van der Waals surface area contributed by atoms with Gasteiger partial charge in [0.15, 0.2) is 0 Å². The Bertz CT molecular complexity index is 439. The molecule has 0 spiro atoms. The van der Waals surface area contributed by atoms with Gasteiger partial charge in [-0.25, -0.2) is 0 Å². The molecule has 18 heavy (non-hydrogen) atoms. The van der Waals surface area contributed by atoms with Gasteiger partial charge in [-0.2, -0.15) is 0 Å². The predicted octanol–water partition coefficient (Wildman–Crippen LogP) is 2.58. The van der Waals surface area contributed by atoms with E-state index in [0.717, 1.165) is 41.5 Å². The number of hydrogen-bond donors (Lipinski definition) is 1. The van der Waals surface area contributed by atoms with E-state index in [-0.39, 0.29) is 5.91 Å². The predicted molar refractivity (Wildman–Crippen MR) is 76.9 cm³/mol. The third-order valence-electron chi connectivity index (χ3n) is 3.61. The minimum atomic E-state index is 0.162. The summed E-state index contributed by atoms with van der Waals surface area (Å²) < 4.78 is 1.02. The van der Waals surface area contributed by atoms with Crippen LogP contribution in [0.1, 0.15) is 28.8 Å². The molecule has 0 unspecified atom stereocenters. The van der Waals surface area contributed by atoms with Gasteiger partial charge >= 0.3 is 0 Å². The highest BCUT2D eigenvalue weighted by molar-refractivity contribution is 9.10. The van der Waals surface area contributed by atoms with E-state index in [4.69, 9.17) is 0 Å². The molecular formula is C14H19BrN2O. The van der Waals surface area contributed by atoms with Crippen LogP contribution in [0, 0.1) is 6.92 Å². The van der Waals surface area contributed by atoms with Gasteiger partial charge in [0.2, 0.25) is 0 Å². The minimum Gasteiger partial charge on any atom is -0.339 e. The second-order valence-corrected chi connectivity index (χ2v) is 5.73. The number of aryl methyl sites for hydroxylation is 1. The Balaban J connectivity index is 2.08. The van der Waals surface area contributed by atoms with Gasteiger partial charge in [-0.3, -0.25) is 4.79 Å². The summed E-state index contributed by atoms with van der Waals surface area (Å²) in [5, 5.41) is 3.28. The van der Waals surface area contributed by atoms with Gasteiger partial charge in [-0.1, -0.05) is 15.9 Å². The quantitative estimate of drug-likeness (QED) is 0.910. The maximum Gasteiger partial charge on any atom is 0.254 e. The second kappa shape index (κ2) is 5.85. The molecule has 1 aromatic rings. The van der Waals surface area contributed by atoms with E-state index in [1.54, 1.807) is 0 Å². The van der Waals surface area contributed by atoms with Crippen molar-refractivity contribution in [3.63, 3.8) is 0 Å². The van der Waals surface area contributed by atoms with Crippen LogP contribution in [0.15, 0.2) is 22.7 Å². The van der Waals surface area contributed by atoms with Crippen molar-refractivity contribution in [3.05, 3.63) is 33.8 Å². The van der Waals surface area contributed by atoms with E-state index < -0.39 is 0 Å². The molecule has 1 aliphatic heterocycles. The lowest BCUT2D eigenvalue weighted by Gasteiger charge is -2.32. The lowest BCUT2D eigenvalue weighted by Crippen LogP contribution is -2.44. The van der Waals surface area contributed by atoms with E-state index >= 15 is 0 Å². The summed E-state index contributed by atoms with van der Waals surface area (Å²) in [5.41, 5.74) is 1.85. The molecular weight excluding hydrogens is 292 g/mol. The molecule has 1 aliphatic rings. The minimum absolute atomic E-state index is 0.162. The summed E-state index contributed by atoms with van der Waals surface area (Å²) >= 11 is 3.43. The average molecular weight is 311 g/mol. The molecule has 1 N–H and O–H groups in total. The van der Waals surface area contributed by atoms with Crippen molar-refractivity contribution in [1.82, 2.24) is 10.2 Å². The maximum atomic E-state index is 12.4. The summed E-state index contributed by atoms with van der Waals surface area (Å²) in [4.78, 5) is 14.4. The number of rotatable bonds is 2. The summed E-state index contributed by atoms with van der Waals surface area (Å²) in [7, 11) is 1.99. The van der Waals surface area contributed by atoms with Gasteiger partial charge in [-0.15, -0.1) is 0 Å². The molecule has 2 rings (SSSR count). The summed E-state index contributed by atoms with van der Waals surface area (Å²) in [6.45, 7) is 3.68. The van der Waals surface area contributed by atoms with Crippen LogP contribution in [0.2, 0.25) is 0 Å². The zero-order valence-electron chi connectivity index (χ0n) is 10.9. The Hall–Kier alpha value is -0.870. The molecule has 3 nitrogen and oxygen atoms in total.